The Morgan fingerprint density at radius 3 is 1.75 bits per heavy atom. The molecule has 0 aliphatic heterocycles. The first-order valence-corrected chi connectivity index (χ1v) is 0.494. The molecule has 1 N–H and O–H groups in total. The molecule has 0 aromatic heterocycles. The monoisotopic (exact) mass is 55.0 g/mol. The SMILES string of the molecule is O=BO.[B]. The van der Waals surface area contributed by atoms with Crippen LogP contribution in [0.5, 0.6) is 0 Å². The van der Waals surface area contributed by atoms with Gasteiger partial charge in [-0.1, -0.05) is 0 Å². The van der Waals surface area contributed by atoms with Crippen LogP contribution in [0.15, 0.2) is 0 Å². The Kier molecular flexibility index (Phi) is 35.6. The predicted octanol–water partition coefficient (Wildman–Crippen LogP) is -1.44. The average molecular weight is 54.6 g/mol. The first kappa shape index (κ1) is 9.29. The molecule has 0 saturated carbocycles. The molecule has 0 rings (SSSR count). The summed E-state index contributed by atoms with van der Waals surface area (Å²) in [6.07, 6.45) is 0. The fraction of sp³-hybridized carbons (Fsp3) is 0. The van der Waals surface area contributed by atoms with Gasteiger partial charge in [0.15, 0.2) is 0 Å². The van der Waals surface area contributed by atoms with Gasteiger partial charge in [0.2, 0.25) is 0 Å². The van der Waals surface area contributed by atoms with E-state index < -0.39 is 0 Å². The molecule has 0 aliphatic rings. The van der Waals surface area contributed by atoms with Gasteiger partial charge in [0, 0.05) is 8.41 Å². The molecule has 0 heterocycles. The summed E-state index contributed by atoms with van der Waals surface area (Å²) in [6.45, 7) is 0. The second-order valence-electron chi connectivity index (χ2n) is 0.105. The second-order valence-corrected chi connectivity index (χ2v) is 0.105. The van der Waals surface area contributed by atoms with Crippen molar-refractivity contribution in [2.45, 2.75) is 0 Å². The molecule has 2 nitrogen and oxygen atoms in total. The van der Waals surface area contributed by atoms with E-state index in [1.165, 1.54) is 0 Å². The van der Waals surface area contributed by atoms with Crippen LogP contribution >= 0.6 is 0 Å². The minimum atomic E-state index is -0.250. The van der Waals surface area contributed by atoms with Gasteiger partial charge in [-0.05, 0) is 0 Å². The normalized spacial score (nSPS) is 2.00. The molecular weight excluding hydrogens is 53.6 g/mol. The summed E-state index contributed by atoms with van der Waals surface area (Å²) in [6, 6.07) is 0. The number of hydrogen-bond donors (Lipinski definition) is 1. The Morgan fingerprint density at radius 2 is 1.75 bits per heavy atom. The molecule has 0 aromatic rings. The molecule has 0 fully saturated rings. The first-order valence-electron chi connectivity index (χ1n) is 0.494. The molecular formula is HB2O2. The van der Waals surface area contributed by atoms with E-state index in [-0.39, 0.29) is 15.8 Å². The van der Waals surface area contributed by atoms with Gasteiger partial charge in [-0.2, -0.15) is 0 Å². The van der Waals surface area contributed by atoms with Crippen LogP contribution < -0.4 is 0 Å². The van der Waals surface area contributed by atoms with E-state index in [1.54, 1.807) is 0 Å². The Balaban J connectivity index is 0. The zero-order valence-electron chi connectivity index (χ0n) is 2.01. The fourth-order valence-corrected chi connectivity index (χ4v) is 0. The topological polar surface area (TPSA) is 37.3 Å². The summed E-state index contributed by atoms with van der Waals surface area (Å²) in [4.78, 5) is 0. The van der Waals surface area contributed by atoms with Crippen LogP contribution in [0.3, 0.4) is 0 Å². The van der Waals surface area contributed by atoms with Crippen LogP contribution in [0.4, 0.5) is 0 Å². The van der Waals surface area contributed by atoms with E-state index >= 15 is 0 Å². The van der Waals surface area contributed by atoms with Crippen molar-refractivity contribution in [1.82, 2.24) is 0 Å². The van der Waals surface area contributed by atoms with Crippen LogP contribution in [-0.2, 0) is 4.70 Å². The van der Waals surface area contributed by atoms with Gasteiger partial charge in [0.05, 0.1) is 0 Å². The Morgan fingerprint density at radius 1 is 1.75 bits per heavy atom. The standard InChI is InChI=1S/BHO2.B/c2-1-3;/h2H;. The maximum absolute atomic E-state index is 8.36. The van der Waals surface area contributed by atoms with E-state index in [0.29, 0.717) is 0 Å². The smallest absolute Gasteiger partial charge is 0 e. The van der Waals surface area contributed by atoms with Gasteiger partial charge in [-0.3, -0.25) is 0 Å². The first-order chi connectivity index (χ1) is 1.41. The van der Waals surface area contributed by atoms with Crippen molar-refractivity contribution < 1.29 is 9.73 Å². The summed E-state index contributed by atoms with van der Waals surface area (Å²) < 4.78 is 8.36. The van der Waals surface area contributed by atoms with Crippen molar-refractivity contribution >= 4 is 15.8 Å². The molecule has 3 radical (unpaired) electrons. The van der Waals surface area contributed by atoms with Gasteiger partial charge < -0.3 is 0 Å². The molecule has 0 amide bonds. The molecule has 0 saturated heterocycles. The molecule has 0 spiro atoms. The summed E-state index contributed by atoms with van der Waals surface area (Å²) in [7, 11) is -0.250. The van der Waals surface area contributed by atoms with Crippen LogP contribution in [0.25, 0.3) is 0 Å². The van der Waals surface area contributed by atoms with Crippen molar-refractivity contribution in [1.29, 1.82) is 0 Å². The number of hydrogen-bond acceptors (Lipinski definition) is 1. The fourth-order valence-electron chi connectivity index (χ4n) is 0. The maximum atomic E-state index is 8.36. The van der Waals surface area contributed by atoms with Gasteiger partial charge in [-0.15, -0.1) is 0 Å². The Labute approximate surface area is 26.7 Å². The quantitative estimate of drug-likeness (QED) is 0.344. The van der Waals surface area contributed by atoms with Crippen LogP contribution in [0, 0.1) is 0 Å². The van der Waals surface area contributed by atoms with Crippen molar-refractivity contribution in [3.05, 3.63) is 0 Å². The molecule has 4 heteroatoms. The summed E-state index contributed by atoms with van der Waals surface area (Å²) in [5.74, 6) is 0. The molecule has 19 valence electrons. The Hall–Kier alpha value is -0.270. The summed E-state index contributed by atoms with van der Waals surface area (Å²) >= 11 is 0. The van der Waals surface area contributed by atoms with Crippen molar-refractivity contribution in [2.75, 3.05) is 0 Å². The Bertz CT molecular complexity index is 11.5. The van der Waals surface area contributed by atoms with E-state index in [9.17, 15) is 0 Å². The van der Waals surface area contributed by atoms with E-state index in [1.807, 2.05) is 0 Å². The second kappa shape index (κ2) is 15.3. The van der Waals surface area contributed by atoms with Crippen LogP contribution in [0.1, 0.15) is 0 Å². The van der Waals surface area contributed by atoms with Crippen LogP contribution in [0.2, 0.25) is 0 Å². The third-order valence-electron chi connectivity index (χ3n) is 0. The summed E-state index contributed by atoms with van der Waals surface area (Å²) in [5.41, 5.74) is 0. The maximum Gasteiger partial charge on any atom is 0 e. The zero-order chi connectivity index (χ0) is 2.71. The average Bonchev–Trinajstić information content (AvgIpc) is 0.918. The van der Waals surface area contributed by atoms with E-state index in [4.69, 9.17) is 9.73 Å². The minimum Gasteiger partial charge on any atom is 0 e. The molecule has 4 heavy (non-hydrogen) atoms. The molecule has 0 aliphatic carbocycles. The predicted molar refractivity (Wildman–Crippen MR) is 14.4 cm³/mol. The van der Waals surface area contributed by atoms with E-state index in [0.717, 1.165) is 0 Å². The third-order valence-corrected chi connectivity index (χ3v) is 0. The molecule has 0 unspecified atom stereocenters. The molecule has 0 aromatic carbocycles. The van der Waals surface area contributed by atoms with Crippen molar-refractivity contribution in [3.63, 3.8) is 0 Å². The minimum absolute atomic E-state index is 0. The van der Waals surface area contributed by atoms with Crippen LogP contribution in [-0.4, -0.2) is 20.8 Å². The molecule has 0 bridgehead atoms. The van der Waals surface area contributed by atoms with Gasteiger partial charge in [0.1, 0.15) is 0 Å². The third kappa shape index (κ3) is 12.6. The van der Waals surface area contributed by atoms with E-state index in [2.05, 4.69) is 0 Å². The summed E-state index contributed by atoms with van der Waals surface area (Å²) in [5, 5.41) is 6.89. The number of rotatable bonds is 0. The van der Waals surface area contributed by atoms with Gasteiger partial charge in [-0.25, -0.2) is 0 Å². The van der Waals surface area contributed by atoms with Gasteiger partial charge in [0.25, 0.3) is 0 Å². The van der Waals surface area contributed by atoms with Crippen molar-refractivity contribution in [2.24, 2.45) is 0 Å². The zero-order valence-corrected chi connectivity index (χ0v) is 2.01. The molecule has 0 atom stereocenters. The van der Waals surface area contributed by atoms with Gasteiger partial charge >= 0.3 is 17.1 Å². The van der Waals surface area contributed by atoms with Crippen molar-refractivity contribution in [3.8, 4) is 0 Å². The largest absolute Gasteiger partial charge is 0 e.